The van der Waals surface area contributed by atoms with Crippen LogP contribution in [-0.4, -0.2) is 11.1 Å². The summed E-state index contributed by atoms with van der Waals surface area (Å²) in [4.78, 5) is 0. The molecule has 0 radical (unpaired) electrons. The average molecular weight is 218 g/mol. The molecular formula is C14H22N2. The van der Waals surface area contributed by atoms with Crippen molar-refractivity contribution in [3.63, 3.8) is 0 Å². The second kappa shape index (κ2) is 4.25. The summed E-state index contributed by atoms with van der Waals surface area (Å²) in [5.74, 6) is 3.05. The van der Waals surface area contributed by atoms with Crippen LogP contribution in [0.4, 0.5) is 0 Å². The highest BCUT2D eigenvalue weighted by Gasteiger charge is 2.39. The van der Waals surface area contributed by atoms with Gasteiger partial charge in [-0.25, -0.2) is 0 Å². The molecule has 0 spiro atoms. The lowest BCUT2D eigenvalue weighted by Gasteiger charge is -2.21. The molecule has 88 valence electrons. The van der Waals surface area contributed by atoms with Crippen LogP contribution in [0.1, 0.15) is 31.2 Å². The Morgan fingerprint density at radius 1 is 1.31 bits per heavy atom. The van der Waals surface area contributed by atoms with Crippen LogP contribution in [0.15, 0.2) is 18.5 Å². The second-order valence-corrected chi connectivity index (χ2v) is 5.69. The largest absolute Gasteiger partial charge is 0.354 e. The summed E-state index contributed by atoms with van der Waals surface area (Å²) in [5.41, 5.74) is 6.97. The molecule has 1 aromatic rings. The Kier molecular flexibility index (Phi) is 2.76. The van der Waals surface area contributed by atoms with Gasteiger partial charge in [0.15, 0.2) is 0 Å². The molecule has 2 fully saturated rings. The van der Waals surface area contributed by atoms with E-state index in [0.717, 1.165) is 30.7 Å². The van der Waals surface area contributed by atoms with Gasteiger partial charge in [0.2, 0.25) is 0 Å². The fourth-order valence-corrected chi connectivity index (χ4v) is 3.79. The molecule has 0 aliphatic heterocycles. The van der Waals surface area contributed by atoms with Gasteiger partial charge in [0.25, 0.3) is 0 Å². The topological polar surface area (TPSA) is 30.9 Å². The van der Waals surface area contributed by atoms with E-state index in [2.05, 4.69) is 23.0 Å². The standard InChI is InChI=1S/C14H22N2/c15-5-3-11-4-6-16(9-11)10-14-8-12-1-2-13(14)7-12/h4,6,9,12-14H,1-3,5,7-8,10,15H2. The highest BCUT2D eigenvalue weighted by Crippen LogP contribution is 2.48. The molecule has 2 N–H and O–H groups in total. The first-order valence-electron chi connectivity index (χ1n) is 6.70. The first-order chi connectivity index (χ1) is 7.85. The molecule has 2 bridgehead atoms. The minimum Gasteiger partial charge on any atom is -0.354 e. The van der Waals surface area contributed by atoms with Gasteiger partial charge in [-0.05, 0) is 61.6 Å². The van der Waals surface area contributed by atoms with Gasteiger partial charge >= 0.3 is 0 Å². The van der Waals surface area contributed by atoms with Crippen molar-refractivity contribution >= 4 is 0 Å². The van der Waals surface area contributed by atoms with Crippen LogP contribution in [0.5, 0.6) is 0 Å². The van der Waals surface area contributed by atoms with Gasteiger partial charge < -0.3 is 10.3 Å². The first kappa shape index (κ1) is 10.4. The van der Waals surface area contributed by atoms with Crippen molar-refractivity contribution in [2.45, 2.75) is 38.6 Å². The van der Waals surface area contributed by atoms with Gasteiger partial charge in [0, 0.05) is 18.9 Å². The number of aromatic nitrogens is 1. The number of fused-ring (bicyclic) bond motifs is 2. The summed E-state index contributed by atoms with van der Waals surface area (Å²) in [5, 5.41) is 0. The fraction of sp³-hybridized carbons (Fsp3) is 0.714. The van der Waals surface area contributed by atoms with Gasteiger partial charge in [0.05, 0.1) is 0 Å². The van der Waals surface area contributed by atoms with Gasteiger partial charge in [-0.15, -0.1) is 0 Å². The van der Waals surface area contributed by atoms with Crippen molar-refractivity contribution in [2.24, 2.45) is 23.5 Å². The molecule has 16 heavy (non-hydrogen) atoms. The maximum Gasteiger partial charge on any atom is 0.0250 e. The van der Waals surface area contributed by atoms with Gasteiger partial charge in [-0.1, -0.05) is 6.42 Å². The molecule has 0 saturated heterocycles. The van der Waals surface area contributed by atoms with E-state index in [4.69, 9.17) is 5.73 Å². The normalized spacial score (nSPS) is 32.4. The lowest BCUT2D eigenvalue weighted by atomic mass is 9.89. The van der Waals surface area contributed by atoms with Crippen LogP contribution < -0.4 is 5.73 Å². The molecule has 2 aliphatic carbocycles. The third-order valence-electron chi connectivity index (χ3n) is 4.57. The quantitative estimate of drug-likeness (QED) is 0.826. The highest BCUT2D eigenvalue weighted by atomic mass is 14.9. The van der Waals surface area contributed by atoms with E-state index in [9.17, 15) is 0 Å². The molecule has 3 atom stereocenters. The number of hydrogen-bond acceptors (Lipinski definition) is 1. The van der Waals surface area contributed by atoms with E-state index in [1.165, 1.54) is 37.8 Å². The van der Waals surface area contributed by atoms with Crippen LogP contribution in [-0.2, 0) is 13.0 Å². The summed E-state index contributed by atoms with van der Waals surface area (Å²) in [6.07, 6.45) is 11.5. The molecule has 3 unspecified atom stereocenters. The number of hydrogen-bond donors (Lipinski definition) is 1. The maximum absolute atomic E-state index is 5.57. The van der Waals surface area contributed by atoms with E-state index in [-0.39, 0.29) is 0 Å². The van der Waals surface area contributed by atoms with Crippen molar-refractivity contribution in [1.29, 1.82) is 0 Å². The summed E-state index contributed by atoms with van der Waals surface area (Å²) < 4.78 is 2.39. The first-order valence-corrected chi connectivity index (χ1v) is 6.70. The minimum atomic E-state index is 0.762. The van der Waals surface area contributed by atoms with E-state index >= 15 is 0 Å². The molecule has 2 saturated carbocycles. The number of rotatable bonds is 4. The Bertz CT molecular complexity index is 355. The average Bonchev–Trinajstić information content (AvgIpc) is 2.95. The van der Waals surface area contributed by atoms with Crippen LogP contribution in [0.25, 0.3) is 0 Å². The van der Waals surface area contributed by atoms with Crippen LogP contribution >= 0.6 is 0 Å². The Morgan fingerprint density at radius 3 is 2.94 bits per heavy atom. The summed E-state index contributed by atoms with van der Waals surface area (Å²) in [6.45, 7) is 2.00. The lowest BCUT2D eigenvalue weighted by Crippen LogP contribution is -2.16. The molecule has 0 amide bonds. The Hall–Kier alpha value is -0.760. The third-order valence-corrected chi connectivity index (χ3v) is 4.57. The smallest absolute Gasteiger partial charge is 0.0250 e. The fourth-order valence-electron chi connectivity index (χ4n) is 3.79. The van der Waals surface area contributed by atoms with Gasteiger partial charge in [-0.2, -0.15) is 0 Å². The minimum absolute atomic E-state index is 0.762. The molecular weight excluding hydrogens is 196 g/mol. The Labute approximate surface area is 97.8 Å². The predicted octanol–water partition coefficient (Wildman–Crippen LogP) is 2.43. The van der Waals surface area contributed by atoms with Crippen molar-refractivity contribution in [3.05, 3.63) is 24.0 Å². The van der Waals surface area contributed by atoms with Gasteiger partial charge in [0.1, 0.15) is 0 Å². The highest BCUT2D eigenvalue weighted by molar-refractivity contribution is 5.11. The number of nitrogens with two attached hydrogens (primary N) is 1. The summed E-state index contributed by atoms with van der Waals surface area (Å²) in [7, 11) is 0. The second-order valence-electron chi connectivity index (χ2n) is 5.69. The van der Waals surface area contributed by atoms with Crippen molar-refractivity contribution in [3.8, 4) is 0 Å². The molecule has 1 aromatic heterocycles. The maximum atomic E-state index is 5.57. The summed E-state index contributed by atoms with van der Waals surface area (Å²) >= 11 is 0. The molecule has 0 aromatic carbocycles. The lowest BCUT2D eigenvalue weighted by molar-refractivity contribution is 0.296. The van der Waals surface area contributed by atoms with Crippen LogP contribution in [0.2, 0.25) is 0 Å². The molecule has 2 aliphatic rings. The summed E-state index contributed by atoms with van der Waals surface area (Å²) in [6, 6.07) is 2.22. The van der Waals surface area contributed by atoms with E-state index in [1.807, 2.05) is 0 Å². The van der Waals surface area contributed by atoms with E-state index < -0.39 is 0 Å². The molecule has 2 nitrogen and oxygen atoms in total. The molecule has 2 heteroatoms. The van der Waals surface area contributed by atoms with E-state index in [0.29, 0.717) is 0 Å². The number of nitrogens with zero attached hydrogens (tertiary/aromatic N) is 1. The monoisotopic (exact) mass is 218 g/mol. The SMILES string of the molecule is NCCc1ccn(CC2CC3CCC2C3)c1. The third kappa shape index (κ3) is 1.91. The van der Waals surface area contributed by atoms with Crippen molar-refractivity contribution in [2.75, 3.05) is 6.54 Å². The Morgan fingerprint density at radius 2 is 2.25 bits per heavy atom. The van der Waals surface area contributed by atoms with Gasteiger partial charge in [-0.3, -0.25) is 0 Å². The predicted molar refractivity (Wildman–Crippen MR) is 66.1 cm³/mol. The van der Waals surface area contributed by atoms with Crippen molar-refractivity contribution in [1.82, 2.24) is 4.57 Å². The molecule has 1 heterocycles. The van der Waals surface area contributed by atoms with Crippen LogP contribution in [0, 0.1) is 17.8 Å². The molecule has 3 rings (SSSR count). The van der Waals surface area contributed by atoms with Crippen LogP contribution in [0.3, 0.4) is 0 Å². The zero-order chi connectivity index (χ0) is 11.0. The van der Waals surface area contributed by atoms with E-state index in [1.54, 1.807) is 0 Å². The zero-order valence-corrected chi connectivity index (χ0v) is 9.94. The Balaban J connectivity index is 1.61. The zero-order valence-electron chi connectivity index (χ0n) is 9.94. The van der Waals surface area contributed by atoms with Crippen molar-refractivity contribution < 1.29 is 0 Å².